The molecule has 1 heterocycles. The van der Waals surface area contributed by atoms with Crippen LogP contribution in [-0.2, 0) is 17.8 Å². The van der Waals surface area contributed by atoms with Crippen LogP contribution in [0.15, 0.2) is 18.2 Å². The van der Waals surface area contributed by atoms with Gasteiger partial charge in [0.1, 0.15) is 0 Å². The predicted molar refractivity (Wildman–Crippen MR) is 72.9 cm³/mol. The lowest BCUT2D eigenvalue weighted by Gasteiger charge is -2.19. The van der Waals surface area contributed by atoms with Crippen molar-refractivity contribution in [2.24, 2.45) is 0 Å². The molecule has 1 aromatic carbocycles. The molecule has 1 aliphatic heterocycles. The summed E-state index contributed by atoms with van der Waals surface area (Å²) in [7, 11) is 1.59. The van der Waals surface area contributed by atoms with Crippen LogP contribution in [-0.4, -0.2) is 32.0 Å². The first kappa shape index (κ1) is 13.5. The minimum atomic E-state index is -0.0948. The molecule has 2 rings (SSSR count). The van der Waals surface area contributed by atoms with Crippen molar-refractivity contribution in [3.63, 3.8) is 0 Å². The molecule has 0 unspecified atom stereocenters. The Balaban J connectivity index is 2.01. The third-order valence-electron chi connectivity index (χ3n) is 3.30. The van der Waals surface area contributed by atoms with Crippen LogP contribution in [0.1, 0.15) is 27.9 Å². The van der Waals surface area contributed by atoms with Gasteiger partial charge >= 0.3 is 0 Å². The zero-order valence-corrected chi connectivity index (χ0v) is 11.1. The third-order valence-corrected chi connectivity index (χ3v) is 3.30. The molecule has 1 aliphatic rings. The highest BCUT2D eigenvalue weighted by Gasteiger charge is 2.16. The Morgan fingerprint density at radius 3 is 3.00 bits per heavy atom. The van der Waals surface area contributed by atoms with E-state index in [1.54, 1.807) is 7.05 Å². The molecule has 3 N–H and O–H groups in total. The van der Waals surface area contributed by atoms with E-state index < -0.39 is 0 Å². The van der Waals surface area contributed by atoms with Gasteiger partial charge in [-0.15, -0.1) is 0 Å². The maximum absolute atomic E-state index is 12.1. The number of rotatable bonds is 4. The maximum Gasteiger partial charge on any atom is 0.251 e. The molecule has 0 fully saturated rings. The van der Waals surface area contributed by atoms with Crippen LogP contribution in [0, 0.1) is 0 Å². The second-order valence-corrected chi connectivity index (χ2v) is 4.55. The average Bonchev–Trinajstić information content (AvgIpc) is 2.46. The summed E-state index contributed by atoms with van der Waals surface area (Å²) in [5, 5.41) is 8.61. The number of nitrogens with one attached hydrogen (secondary N) is 3. The molecule has 1 aromatic rings. The summed E-state index contributed by atoms with van der Waals surface area (Å²) in [5.74, 6) is -0.165. The SMILES string of the molecule is CNC(=O)CCNC(=O)c1cccc2c1CCNC2. The number of hydrogen-bond acceptors (Lipinski definition) is 3. The van der Waals surface area contributed by atoms with Gasteiger partial charge in [0.2, 0.25) is 5.91 Å². The molecular weight excluding hydrogens is 242 g/mol. The van der Waals surface area contributed by atoms with Crippen molar-refractivity contribution >= 4 is 11.8 Å². The Kier molecular flexibility index (Phi) is 4.52. The number of amides is 2. The number of carbonyl (C=O) groups excluding carboxylic acids is 2. The molecule has 0 bridgehead atoms. The number of hydrogen-bond donors (Lipinski definition) is 3. The van der Waals surface area contributed by atoms with Gasteiger partial charge in [-0.3, -0.25) is 9.59 Å². The fourth-order valence-corrected chi connectivity index (χ4v) is 2.25. The van der Waals surface area contributed by atoms with E-state index in [2.05, 4.69) is 16.0 Å². The Bertz CT molecular complexity index is 486. The van der Waals surface area contributed by atoms with Crippen molar-refractivity contribution in [1.82, 2.24) is 16.0 Å². The number of fused-ring (bicyclic) bond motifs is 1. The number of carbonyl (C=O) groups is 2. The summed E-state index contributed by atoms with van der Waals surface area (Å²) in [6.07, 6.45) is 1.17. The highest BCUT2D eigenvalue weighted by atomic mass is 16.2. The lowest BCUT2D eigenvalue weighted by Crippen LogP contribution is -2.31. The standard InChI is InChI=1S/C14H19N3O2/c1-15-13(18)6-8-17-14(19)12-4-2-3-10-9-16-7-5-11(10)12/h2-4,16H,5-9H2,1H3,(H,15,18)(H,17,19). The van der Waals surface area contributed by atoms with Crippen LogP contribution >= 0.6 is 0 Å². The second kappa shape index (κ2) is 6.33. The van der Waals surface area contributed by atoms with Crippen LogP contribution in [0.5, 0.6) is 0 Å². The first-order valence-electron chi connectivity index (χ1n) is 6.52. The molecule has 0 aliphatic carbocycles. The van der Waals surface area contributed by atoms with E-state index >= 15 is 0 Å². The van der Waals surface area contributed by atoms with Crippen molar-refractivity contribution < 1.29 is 9.59 Å². The fourth-order valence-electron chi connectivity index (χ4n) is 2.25. The quantitative estimate of drug-likeness (QED) is 0.725. The molecule has 19 heavy (non-hydrogen) atoms. The van der Waals surface area contributed by atoms with Crippen LogP contribution < -0.4 is 16.0 Å². The van der Waals surface area contributed by atoms with E-state index in [-0.39, 0.29) is 11.8 Å². The summed E-state index contributed by atoms with van der Waals surface area (Å²) in [6, 6.07) is 5.79. The second-order valence-electron chi connectivity index (χ2n) is 4.55. The topological polar surface area (TPSA) is 70.2 Å². The van der Waals surface area contributed by atoms with E-state index in [1.807, 2.05) is 18.2 Å². The Morgan fingerprint density at radius 2 is 2.21 bits per heavy atom. The molecule has 5 nitrogen and oxygen atoms in total. The van der Waals surface area contributed by atoms with E-state index in [0.29, 0.717) is 13.0 Å². The minimum absolute atomic E-state index is 0.0698. The smallest absolute Gasteiger partial charge is 0.251 e. The molecule has 0 aromatic heterocycles. The van der Waals surface area contributed by atoms with Crippen LogP contribution in [0.2, 0.25) is 0 Å². The van der Waals surface area contributed by atoms with Gasteiger partial charge in [0, 0.05) is 32.1 Å². The Labute approximate surface area is 112 Å². The van der Waals surface area contributed by atoms with E-state index in [0.717, 1.165) is 30.6 Å². The Hall–Kier alpha value is -1.88. The van der Waals surface area contributed by atoms with Gasteiger partial charge in [-0.1, -0.05) is 12.1 Å². The summed E-state index contributed by atoms with van der Waals surface area (Å²) in [5.41, 5.74) is 3.04. The highest BCUT2D eigenvalue weighted by molar-refractivity contribution is 5.96. The average molecular weight is 261 g/mol. The van der Waals surface area contributed by atoms with Crippen LogP contribution in [0.4, 0.5) is 0 Å². The van der Waals surface area contributed by atoms with Crippen molar-refractivity contribution in [2.45, 2.75) is 19.4 Å². The van der Waals surface area contributed by atoms with Gasteiger partial charge in [0.15, 0.2) is 0 Å². The largest absolute Gasteiger partial charge is 0.359 e. The van der Waals surface area contributed by atoms with Gasteiger partial charge in [0.05, 0.1) is 0 Å². The fraction of sp³-hybridized carbons (Fsp3) is 0.429. The molecular formula is C14H19N3O2. The molecule has 0 atom stereocenters. The molecule has 0 spiro atoms. The van der Waals surface area contributed by atoms with Gasteiger partial charge in [-0.25, -0.2) is 0 Å². The van der Waals surface area contributed by atoms with Crippen LogP contribution in [0.3, 0.4) is 0 Å². The first-order chi connectivity index (χ1) is 9.22. The zero-order valence-electron chi connectivity index (χ0n) is 11.1. The van der Waals surface area contributed by atoms with Crippen molar-refractivity contribution in [2.75, 3.05) is 20.1 Å². The summed E-state index contributed by atoms with van der Waals surface area (Å²) in [4.78, 5) is 23.2. The summed E-state index contributed by atoms with van der Waals surface area (Å²) >= 11 is 0. The van der Waals surface area contributed by atoms with Crippen molar-refractivity contribution in [1.29, 1.82) is 0 Å². The van der Waals surface area contributed by atoms with Crippen LogP contribution in [0.25, 0.3) is 0 Å². The Morgan fingerprint density at radius 1 is 1.37 bits per heavy atom. The van der Waals surface area contributed by atoms with Gasteiger partial charge < -0.3 is 16.0 Å². The molecule has 0 radical (unpaired) electrons. The zero-order chi connectivity index (χ0) is 13.7. The molecule has 0 saturated heterocycles. The first-order valence-corrected chi connectivity index (χ1v) is 6.52. The lowest BCUT2D eigenvalue weighted by molar-refractivity contribution is -0.120. The third kappa shape index (κ3) is 3.32. The van der Waals surface area contributed by atoms with Gasteiger partial charge in [0.25, 0.3) is 5.91 Å². The summed E-state index contributed by atoms with van der Waals surface area (Å²) in [6.45, 7) is 2.07. The maximum atomic E-state index is 12.1. The van der Waals surface area contributed by atoms with E-state index in [9.17, 15) is 9.59 Å². The van der Waals surface area contributed by atoms with Gasteiger partial charge in [-0.2, -0.15) is 0 Å². The van der Waals surface area contributed by atoms with Crippen molar-refractivity contribution in [3.8, 4) is 0 Å². The highest BCUT2D eigenvalue weighted by Crippen LogP contribution is 2.18. The van der Waals surface area contributed by atoms with Gasteiger partial charge in [-0.05, 0) is 30.2 Å². The molecule has 2 amide bonds. The van der Waals surface area contributed by atoms with E-state index in [1.165, 1.54) is 5.56 Å². The van der Waals surface area contributed by atoms with E-state index in [4.69, 9.17) is 0 Å². The number of benzene rings is 1. The molecule has 102 valence electrons. The monoisotopic (exact) mass is 261 g/mol. The molecule has 0 saturated carbocycles. The predicted octanol–water partition coefficient (Wildman–Crippen LogP) is 0.198. The minimum Gasteiger partial charge on any atom is -0.359 e. The normalized spacial score (nSPS) is 13.5. The lowest BCUT2D eigenvalue weighted by atomic mass is 9.95. The summed E-state index contributed by atoms with van der Waals surface area (Å²) < 4.78 is 0. The molecule has 5 heteroatoms. The van der Waals surface area contributed by atoms with Crippen molar-refractivity contribution in [3.05, 3.63) is 34.9 Å².